The summed E-state index contributed by atoms with van der Waals surface area (Å²) in [6.07, 6.45) is -3.47. The number of amides is 2. The van der Waals surface area contributed by atoms with Crippen molar-refractivity contribution in [3.8, 4) is 0 Å². The molecule has 2 aliphatic rings. The Balaban J connectivity index is 1.56. The highest BCUT2D eigenvalue weighted by molar-refractivity contribution is 7.91. The van der Waals surface area contributed by atoms with Gasteiger partial charge in [0.25, 0.3) is 0 Å². The minimum atomic E-state index is -4.44. The smallest absolute Gasteiger partial charge is 0.384 e. The van der Waals surface area contributed by atoms with Crippen LogP contribution >= 0.6 is 0 Å². The van der Waals surface area contributed by atoms with Crippen LogP contribution in [-0.2, 0) is 27.2 Å². The molecule has 2 atom stereocenters. The number of urea groups is 1. The Labute approximate surface area is 201 Å². The Kier molecular flexibility index (Phi) is 7.36. The van der Waals surface area contributed by atoms with E-state index in [0.717, 1.165) is 12.1 Å². The number of alkyl halides is 3. The largest absolute Gasteiger partial charge is 0.416 e. The highest BCUT2D eigenvalue weighted by atomic mass is 32.2. The number of hydrogen-bond acceptors (Lipinski definition) is 7. The maximum absolute atomic E-state index is 13.3. The van der Waals surface area contributed by atoms with E-state index in [0.29, 0.717) is 36.7 Å². The van der Waals surface area contributed by atoms with Gasteiger partial charge >= 0.3 is 12.2 Å². The number of carbonyl (C=O) groups is 1. The number of rotatable bonds is 5. The van der Waals surface area contributed by atoms with Crippen LogP contribution in [0, 0.1) is 0 Å². The molecule has 4 rings (SSSR count). The average Bonchev–Trinajstić information content (AvgIpc) is 3.31. The number of piperidine rings is 1. The van der Waals surface area contributed by atoms with Crippen LogP contribution in [0.2, 0.25) is 0 Å². The fourth-order valence-electron chi connectivity index (χ4n) is 4.45. The van der Waals surface area contributed by atoms with Crippen LogP contribution in [0.25, 0.3) is 0 Å². The minimum absolute atomic E-state index is 0.0924. The summed E-state index contributed by atoms with van der Waals surface area (Å²) in [6.45, 7) is 1.20. The molecule has 0 radical (unpaired) electrons. The lowest BCUT2D eigenvalue weighted by Crippen LogP contribution is -2.53. The molecular formula is C22H27F3N4O5S. The molecule has 1 aromatic carbocycles. The van der Waals surface area contributed by atoms with E-state index in [1.807, 2.05) is 0 Å². The number of methoxy groups -OCH3 is 1. The molecule has 0 N–H and O–H groups in total. The zero-order chi connectivity index (χ0) is 25.2. The van der Waals surface area contributed by atoms with E-state index in [-0.39, 0.29) is 55.6 Å². The molecule has 2 amide bonds. The third-order valence-corrected chi connectivity index (χ3v) is 8.02. The summed E-state index contributed by atoms with van der Waals surface area (Å²) in [4.78, 5) is 20.8. The molecule has 192 valence electrons. The van der Waals surface area contributed by atoms with Gasteiger partial charge in [0, 0.05) is 45.6 Å². The molecule has 2 fully saturated rings. The molecule has 2 unspecified atom stereocenters. The first-order chi connectivity index (χ1) is 16.6. The van der Waals surface area contributed by atoms with E-state index < -0.39 is 21.6 Å². The van der Waals surface area contributed by atoms with E-state index in [2.05, 4.69) is 10.1 Å². The highest BCUT2D eigenvalue weighted by Gasteiger charge is 2.38. The molecule has 2 aromatic rings. The number of nitrogens with zero attached hydrogens (tertiary/aromatic N) is 4. The molecule has 3 heterocycles. The van der Waals surface area contributed by atoms with Crippen molar-refractivity contribution in [1.29, 1.82) is 0 Å². The van der Waals surface area contributed by atoms with Gasteiger partial charge in [-0.25, -0.2) is 13.2 Å². The first kappa shape index (κ1) is 25.4. The van der Waals surface area contributed by atoms with Gasteiger partial charge in [-0.2, -0.15) is 18.2 Å². The third kappa shape index (κ3) is 6.13. The van der Waals surface area contributed by atoms with E-state index in [1.54, 1.807) is 12.0 Å². The number of likely N-dealkylation sites (tertiary alicyclic amines) is 1. The van der Waals surface area contributed by atoms with Crippen molar-refractivity contribution in [2.24, 2.45) is 0 Å². The second kappa shape index (κ2) is 10.1. The predicted molar refractivity (Wildman–Crippen MR) is 119 cm³/mol. The summed E-state index contributed by atoms with van der Waals surface area (Å²) in [5.74, 6) is 0.0555. The van der Waals surface area contributed by atoms with Gasteiger partial charge in [-0.1, -0.05) is 17.3 Å². The van der Waals surface area contributed by atoms with Crippen molar-refractivity contribution in [2.45, 2.75) is 30.9 Å². The Morgan fingerprint density at radius 1 is 1.11 bits per heavy atom. The highest BCUT2D eigenvalue weighted by Crippen LogP contribution is 2.37. The molecule has 2 aliphatic heterocycles. The first-order valence-corrected chi connectivity index (χ1v) is 13.1. The maximum Gasteiger partial charge on any atom is 0.416 e. The number of ether oxygens (including phenoxy) is 1. The average molecular weight is 517 g/mol. The van der Waals surface area contributed by atoms with Gasteiger partial charge in [0.15, 0.2) is 15.7 Å². The van der Waals surface area contributed by atoms with Gasteiger partial charge in [-0.15, -0.1) is 0 Å². The summed E-state index contributed by atoms with van der Waals surface area (Å²) in [6, 6.07) is 4.64. The third-order valence-electron chi connectivity index (χ3n) is 6.41. The maximum atomic E-state index is 13.3. The SMILES string of the molecule is COCCc1noc(C2CC(c3ccc(C(F)(F)F)cc3)CN(C(=O)N3CCS(=O)(=O)CC3)C2)n1. The van der Waals surface area contributed by atoms with Crippen molar-refractivity contribution in [2.75, 3.05) is 51.4 Å². The summed E-state index contributed by atoms with van der Waals surface area (Å²) in [7, 11) is -1.59. The number of benzene rings is 1. The zero-order valence-electron chi connectivity index (χ0n) is 19.2. The quantitative estimate of drug-likeness (QED) is 0.602. The number of halogens is 3. The van der Waals surface area contributed by atoms with Gasteiger partial charge in [0.1, 0.15) is 0 Å². The number of carbonyl (C=O) groups excluding carboxylic acids is 1. The normalized spacial score (nSPS) is 22.9. The predicted octanol–water partition coefficient (Wildman–Crippen LogP) is 2.70. The molecule has 35 heavy (non-hydrogen) atoms. The Morgan fingerprint density at radius 2 is 1.77 bits per heavy atom. The zero-order valence-corrected chi connectivity index (χ0v) is 20.0. The Hall–Kier alpha value is -2.67. The van der Waals surface area contributed by atoms with Gasteiger partial charge in [-0.05, 0) is 24.1 Å². The van der Waals surface area contributed by atoms with Crippen LogP contribution in [0.5, 0.6) is 0 Å². The second-order valence-corrected chi connectivity index (χ2v) is 11.2. The lowest BCUT2D eigenvalue weighted by molar-refractivity contribution is -0.137. The lowest BCUT2D eigenvalue weighted by atomic mass is 9.84. The molecule has 0 spiro atoms. The van der Waals surface area contributed by atoms with Crippen LogP contribution in [0.3, 0.4) is 0 Å². The number of aromatic nitrogens is 2. The van der Waals surface area contributed by atoms with Crippen molar-refractivity contribution >= 4 is 15.9 Å². The molecule has 1 aromatic heterocycles. The van der Waals surface area contributed by atoms with Crippen LogP contribution in [0.15, 0.2) is 28.8 Å². The summed E-state index contributed by atoms with van der Waals surface area (Å²) >= 11 is 0. The van der Waals surface area contributed by atoms with Crippen molar-refractivity contribution in [1.82, 2.24) is 19.9 Å². The lowest BCUT2D eigenvalue weighted by Gasteiger charge is -2.40. The van der Waals surface area contributed by atoms with E-state index in [1.165, 1.54) is 17.0 Å². The molecular weight excluding hydrogens is 489 g/mol. The topological polar surface area (TPSA) is 106 Å². The van der Waals surface area contributed by atoms with E-state index >= 15 is 0 Å². The Morgan fingerprint density at radius 3 is 2.40 bits per heavy atom. The fraction of sp³-hybridized carbons (Fsp3) is 0.591. The van der Waals surface area contributed by atoms with Crippen LogP contribution in [-0.4, -0.2) is 85.8 Å². The van der Waals surface area contributed by atoms with Crippen LogP contribution in [0.4, 0.5) is 18.0 Å². The molecule has 0 saturated carbocycles. The summed E-state index contributed by atoms with van der Waals surface area (Å²) < 4.78 is 73.1. The minimum Gasteiger partial charge on any atom is -0.384 e. The molecule has 9 nitrogen and oxygen atoms in total. The van der Waals surface area contributed by atoms with Gasteiger partial charge in [0.05, 0.1) is 29.6 Å². The fourth-order valence-corrected chi connectivity index (χ4v) is 5.65. The number of sulfone groups is 1. The monoisotopic (exact) mass is 516 g/mol. The molecule has 0 aliphatic carbocycles. The van der Waals surface area contributed by atoms with Gasteiger partial charge in [-0.3, -0.25) is 0 Å². The van der Waals surface area contributed by atoms with Crippen LogP contribution in [0.1, 0.15) is 41.1 Å². The molecule has 2 saturated heterocycles. The number of hydrogen-bond donors (Lipinski definition) is 0. The molecule has 13 heteroatoms. The molecule has 0 bridgehead atoms. The van der Waals surface area contributed by atoms with E-state index in [4.69, 9.17) is 9.26 Å². The van der Waals surface area contributed by atoms with Crippen molar-refractivity contribution < 1.29 is 35.6 Å². The standard InChI is InChI=1S/C22H27F3N4O5S/c1-33-9-6-19-26-20(34-27-19)17-12-16(15-2-4-18(5-3-15)22(23,24)25)13-29(14-17)21(30)28-7-10-35(31,32)11-8-28/h2-5,16-17H,6-14H2,1H3. The second-order valence-electron chi connectivity index (χ2n) is 8.87. The van der Waals surface area contributed by atoms with Gasteiger partial charge < -0.3 is 19.1 Å². The summed E-state index contributed by atoms with van der Waals surface area (Å²) in [5, 5.41) is 3.97. The van der Waals surface area contributed by atoms with Crippen LogP contribution < -0.4 is 0 Å². The van der Waals surface area contributed by atoms with E-state index in [9.17, 15) is 26.4 Å². The Bertz CT molecular complexity index is 1120. The summed E-state index contributed by atoms with van der Waals surface area (Å²) in [5.41, 5.74) is -0.0726. The van der Waals surface area contributed by atoms with Gasteiger partial charge in [0.2, 0.25) is 5.89 Å². The van der Waals surface area contributed by atoms with Crippen molar-refractivity contribution in [3.05, 3.63) is 47.1 Å². The first-order valence-electron chi connectivity index (χ1n) is 11.3. The van der Waals surface area contributed by atoms with Crippen molar-refractivity contribution in [3.63, 3.8) is 0 Å².